The standard InChI is InChI=1S/C10H15N5S/c1-2-6-11-8(3-1)4-5-9-14-15-7-12-13-10(15)16-9/h7-8,11H,1-6H2. The molecule has 3 heterocycles. The van der Waals surface area contributed by atoms with Crippen molar-refractivity contribution in [2.75, 3.05) is 6.54 Å². The topological polar surface area (TPSA) is 55.1 Å². The SMILES string of the molecule is c1nnc2sc(CCC3CCCCN3)nn12. The molecular formula is C10H15N5S. The van der Waals surface area contributed by atoms with Crippen LogP contribution in [0.3, 0.4) is 0 Å². The lowest BCUT2D eigenvalue weighted by Gasteiger charge is -2.22. The fraction of sp³-hybridized carbons (Fsp3) is 0.700. The van der Waals surface area contributed by atoms with Gasteiger partial charge in [0.1, 0.15) is 11.3 Å². The van der Waals surface area contributed by atoms with Crippen LogP contribution in [0.2, 0.25) is 0 Å². The van der Waals surface area contributed by atoms with Crippen LogP contribution in [-0.4, -0.2) is 32.4 Å². The molecule has 0 amide bonds. The maximum Gasteiger partial charge on any atom is 0.234 e. The third-order valence-electron chi connectivity index (χ3n) is 3.05. The van der Waals surface area contributed by atoms with Crippen LogP contribution in [0.1, 0.15) is 30.7 Å². The van der Waals surface area contributed by atoms with Crippen molar-refractivity contribution in [3.8, 4) is 0 Å². The second kappa shape index (κ2) is 4.47. The number of aryl methyl sites for hydroxylation is 1. The Morgan fingerprint density at radius 3 is 3.31 bits per heavy atom. The highest BCUT2D eigenvalue weighted by molar-refractivity contribution is 7.16. The molecule has 1 N–H and O–H groups in total. The first-order valence-electron chi connectivity index (χ1n) is 5.81. The molecule has 0 bridgehead atoms. The molecule has 1 saturated heterocycles. The van der Waals surface area contributed by atoms with Crippen LogP contribution >= 0.6 is 11.3 Å². The van der Waals surface area contributed by atoms with E-state index in [1.165, 1.54) is 32.2 Å². The van der Waals surface area contributed by atoms with E-state index in [9.17, 15) is 0 Å². The molecule has 6 heteroatoms. The van der Waals surface area contributed by atoms with E-state index in [0.717, 1.165) is 16.4 Å². The minimum atomic E-state index is 0.683. The van der Waals surface area contributed by atoms with E-state index in [0.29, 0.717) is 6.04 Å². The third-order valence-corrected chi connectivity index (χ3v) is 4.02. The average Bonchev–Trinajstić information content (AvgIpc) is 2.88. The molecule has 1 unspecified atom stereocenters. The first-order chi connectivity index (χ1) is 7.92. The number of fused-ring (bicyclic) bond motifs is 1. The molecule has 0 spiro atoms. The molecule has 1 atom stereocenters. The summed E-state index contributed by atoms with van der Waals surface area (Å²) in [6, 6.07) is 0.683. The van der Waals surface area contributed by atoms with Gasteiger partial charge in [-0.25, -0.2) is 0 Å². The van der Waals surface area contributed by atoms with Crippen molar-refractivity contribution in [1.29, 1.82) is 0 Å². The number of nitrogens with zero attached hydrogens (tertiary/aromatic N) is 4. The van der Waals surface area contributed by atoms with Gasteiger partial charge in [-0.3, -0.25) is 0 Å². The molecule has 1 aliphatic rings. The molecule has 0 saturated carbocycles. The van der Waals surface area contributed by atoms with E-state index in [1.54, 1.807) is 22.2 Å². The molecule has 0 aromatic carbocycles. The van der Waals surface area contributed by atoms with Crippen molar-refractivity contribution in [3.63, 3.8) is 0 Å². The summed E-state index contributed by atoms with van der Waals surface area (Å²) in [7, 11) is 0. The predicted molar refractivity (Wildman–Crippen MR) is 62.6 cm³/mol. The van der Waals surface area contributed by atoms with Gasteiger partial charge in [0, 0.05) is 12.5 Å². The van der Waals surface area contributed by atoms with Crippen molar-refractivity contribution >= 4 is 16.3 Å². The van der Waals surface area contributed by atoms with Crippen molar-refractivity contribution in [1.82, 2.24) is 25.1 Å². The van der Waals surface area contributed by atoms with Gasteiger partial charge < -0.3 is 5.32 Å². The zero-order valence-electron chi connectivity index (χ0n) is 9.09. The lowest BCUT2D eigenvalue weighted by atomic mass is 10.0. The van der Waals surface area contributed by atoms with Gasteiger partial charge in [0.15, 0.2) is 0 Å². The third kappa shape index (κ3) is 2.08. The van der Waals surface area contributed by atoms with E-state index in [1.807, 2.05) is 0 Å². The Morgan fingerprint density at radius 1 is 1.50 bits per heavy atom. The van der Waals surface area contributed by atoms with Gasteiger partial charge >= 0.3 is 0 Å². The number of rotatable bonds is 3. The number of hydrogen-bond donors (Lipinski definition) is 1. The second-order valence-electron chi connectivity index (χ2n) is 4.24. The van der Waals surface area contributed by atoms with E-state index in [2.05, 4.69) is 20.6 Å². The molecule has 0 aliphatic carbocycles. The van der Waals surface area contributed by atoms with E-state index in [-0.39, 0.29) is 0 Å². The van der Waals surface area contributed by atoms with Gasteiger partial charge in [-0.05, 0) is 25.8 Å². The van der Waals surface area contributed by atoms with Gasteiger partial charge in [-0.1, -0.05) is 17.8 Å². The molecule has 2 aromatic rings. The Labute approximate surface area is 97.9 Å². The number of nitrogens with one attached hydrogen (secondary N) is 1. The van der Waals surface area contributed by atoms with E-state index in [4.69, 9.17) is 0 Å². The monoisotopic (exact) mass is 237 g/mol. The number of piperidine rings is 1. The van der Waals surface area contributed by atoms with Crippen LogP contribution < -0.4 is 5.32 Å². The average molecular weight is 237 g/mol. The summed E-state index contributed by atoms with van der Waals surface area (Å²) in [6.07, 6.45) is 7.89. The van der Waals surface area contributed by atoms with Crippen LogP contribution in [0.25, 0.3) is 4.96 Å². The Kier molecular flexibility index (Phi) is 2.84. The Balaban J connectivity index is 1.59. The summed E-state index contributed by atoms with van der Waals surface area (Å²) in [5.74, 6) is 0. The Morgan fingerprint density at radius 2 is 2.50 bits per heavy atom. The normalized spacial score (nSPS) is 21.6. The highest BCUT2D eigenvalue weighted by Gasteiger charge is 2.13. The molecular weight excluding hydrogens is 222 g/mol. The van der Waals surface area contributed by atoms with Crippen molar-refractivity contribution in [2.24, 2.45) is 0 Å². The highest BCUT2D eigenvalue weighted by Crippen LogP contribution is 2.17. The van der Waals surface area contributed by atoms with Gasteiger partial charge in [0.05, 0.1) is 0 Å². The minimum absolute atomic E-state index is 0.683. The number of aromatic nitrogens is 4. The Bertz CT molecular complexity index is 428. The quantitative estimate of drug-likeness (QED) is 0.873. The summed E-state index contributed by atoms with van der Waals surface area (Å²) in [6.45, 7) is 1.18. The van der Waals surface area contributed by atoms with Gasteiger partial charge in [-0.2, -0.15) is 9.61 Å². The smallest absolute Gasteiger partial charge is 0.234 e. The molecule has 1 fully saturated rings. The molecule has 1 aliphatic heterocycles. The van der Waals surface area contributed by atoms with E-state index >= 15 is 0 Å². The largest absolute Gasteiger partial charge is 0.314 e. The molecule has 0 radical (unpaired) electrons. The van der Waals surface area contributed by atoms with Gasteiger partial charge in [0.2, 0.25) is 4.96 Å². The maximum atomic E-state index is 4.44. The van der Waals surface area contributed by atoms with Gasteiger partial charge in [0.25, 0.3) is 0 Å². The summed E-state index contributed by atoms with van der Waals surface area (Å²) >= 11 is 1.64. The lowest BCUT2D eigenvalue weighted by Crippen LogP contribution is -2.34. The zero-order chi connectivity index (χ0) is 10.8. The van der Waals surface area contributed by atoms with Crippen molar-refractivity contribution in [2.45, 2.75) is 38.1 Å². The van der Waals surface area contributed by atoms with Crippen LogP contribution in [0.15, 0.2) is 6.33 Å². The molecule has 86 valence electrons. The zero-order valence-corrected chi connectivity index (χ0v) is 9.91. The van der Waals surface area contributed by atoms with Crippen molar-refractivity contribution < 1.29 is 0 Å². The molecule has 16 heavy (non-hydrogen) atoms. The van der Waals surface area contributed by atoms with Crippen LogP contribution in [-0.2, 0) is 6.42 Å². The number of hydrogen-bond acceptors (Lipinski definition) is 5. The fourth-order valence-electron chi connectivity index (χ4n) is 2.17. The Hall–Kier alpha value is -1.01. The highest BCUT2D eigenvalue weighted by atomic mass is 32.1. The first-order valence-corrected chi connectivity index (χ1v) is 6.62. The molecule has 5 nitrogen and oxygen atoms in total. The predicted octanol–water partition coefficient (Wildman–Crippen LogP) is 1.26. The van der Waals surface area contributed by atoms with Crippen LogP contribution in [0.4, 0.5) is 0 Å². The van der Waals surface area contributed by atoms with Gasteiger partial charge in [-0.15, -0.1) is 10.2 Å². The summed E-state index contributed by atoms with van der Waals surface area (Å²) in [4.78, 5) is 0.895. The second-order valence-corrected chi connectivity index (χ2v) is 5.28. The van der Waals surface area contributed by atoms with Crippen LogP contribution in [0.5, 0.6) is 0 Å². The van der Waals surface area contributed by atoms with Crippen molar-refractivity contribution in [3.05, 3.63) is 11.3 Å². The fourth-order valence-corrected chi connectivity index (χ4v) is 3.00. The van der Waals surface area contributed by atoms with E-state index < -0.39 is 0 Å². The molecule has 2 aromatic heterocycles. The summed E-state index contributed by atoms with van der Waals surface area (Å²) < 4.78 is 1.76. The molecule has 3 rings (SSSR count). The van der Waals surface area contributed by atoms with Crippen LogP contribution in [0, 0.1) is 0 Å². The first kappa shape index (κ1) is 10.2. The minimum Gasteiger partial charge on any atom is -0.314 e. The lowest BCUT2D eigenvalue weighted by molar-refractivity contribution is 0.382. The summed E-state index contributed by atoms with van der Waals surface area (Å²) in [5.41, 5.74) is 0. The maximum absolute atomic E-state index is 4.44. The summed E-state index contributed by atoms with van der Waals surface area (Å²) in [5, 5.41) is 17.0.